The topological polar surface area (TPSA) is 82.0 Å². The summed E-state index contributed by atoms with van der Waals surface area (Å²) in [6.45, 7) is 2.86. The molecule has 2 N–H and O–H groups in total. The van der Waals surface area contributed by atoms with Crippen LogP contribution in [0.3, 0.4) is 0 Å². The molecule has 106 valence electrons. The lowest BCUT2D eigenvalue weighted by molar-refractivity contribution is -0.115. The van der Waals surface area contributed by atoms with Crippen molar-refractivity contribution < 1.29 is 9.59 Å². The lowest BCUT2D eigenvalue weighted by Gasteiger charge is -2.13. The van der Waals surface area contributed by atoms with Crippen molar-refractivity contribution in [1.29, 1.82) is 5.26 Å². The van der Waals surface area contributed by atoms with Crippen molar-refractivity contribution in [2.75, 3.05) is 10.6 Å². The molecule has 0 bridgehead atoms. The fraction of sp³-hybridized carbons (Fsp3) is 0.133. The van der Waals surface area contributed by atoms with E-state index in [0.29, 0.717) is 11.4 Å². The SMILES string of the molecule is CC(=O)Nc1ccc(SC#N)c2c(NC(C)=O)cccc12. The molecule has 0 aliphatic carbocycles. The Balaban J connectivity index is 2.72. The number of thiocyanates is 1. The molecule has 0 aliphatic heterocycles. The lowest BCUT2D eigenvalue weighted by Crippen LogP contribution is -2.08. The van der Waals surface area contributed by atoms with Crippen LogP contribution in [0.25, 0.3) is 10.8 Å². The molecule has 2 aromatic rings. The number of rotatable bonds is 3. The molecular formula is C15H13N3O2S. The van der Waals surface area contributed by atoms with Crippen LogP contribution in [0.5, 0.6) is 0 Å². The third-order valence-corrected chi connectivity index (χ3v) is 3.43. The molecule has 2 amide bonds. The van der Waals surface area contributed by atoms with E-state index in [1.54, 1.807) is 24.3 Å². The quantitative estimate of drug-likeness (QED) is 0.672. The van der Waals surface area contributed by atoms with Crippen LogP contribution in [-0.2, 0) is 9.59 Å². The highest BCUT2D eigenvalue weighted by Gasteiger charge is 2.12. The van der Waals surface area contributed by atoms with Crippen molar-refractivity contribution in [2.24, 2.45) is 0 Å². The van der Waals surface area contributed by atoms with Crippen LogP contribution in [0.15, 0.2) is 35.2 Å². The van der Waals surface area contributed by atoms with Gasteiger partial charge in [-0.1, -0.05) is 12.1 Å². The van der Waals surface area contributed by atoms with Gasteiger partial charge in [0.05, 0.1) is 0 Å². The third kappa shape index (κ3) is 3.33. The Morgan fingerprint density at radius 2 is 1.71 bits per heavy atom. The van der Waals surface area contributed by atoms with Gasteiger partial charge in [-0.2, -0.15) is 5.26 Å². The fourth-order valence-corrected chi connectivity index (χ4v) is 2.66. The van der Waals surface area contributed by atoms with Gasteiger partial charge in [0.25, 0.3) is 0 Å². The normalized spacial score (nSPS) is 9.95. The van der Waals surface area contributed by atoms with E-state index in [1.165, 1.54) is 13.8 Å². The number of carbonyl (C=O) groups is 2. The Hall–Kier alpha value is -2.52. The second-order valence-corrected chi connectivity index (χ2v) is 5.22. The summed E-state index contributed by atoms with van der Waals surface area (Å²) >= 11 is 1.02. The molecule has 21 heavy (non-hydrogen) atoms. The van der Waals surface area contributed by atoms with E-state index < -0.39 is 0 Å². The number of nitrogens with one attached hydrogen (secondary N) is 2. The van der Waals surface area contributed by atoms with E-state index in [1.807, 2.05) is 11.5 Å². The number of benzene rings is 2. The molecule has 0 heterocycles. The molecular weight excluding hydrogens is 286 g/mol. The molecule has 0 aliphatic rings. The first kappa shape index (κ1) is 14.9. The Morgan fingerprint density at radius 3 is 2.33 bits per heavy atom. The van der Waals surface area contributed by atoms with Gasteiger partial charge in [-0.15, -0.1) is 0 Å². The largest absolute Gasteiger partial charge is 0.326 e. The van der Waals surface area contributed by atoms with Gasteiger partial charge in [-0.05, 0) is 30.0 Å². The molecule has 0 saturated carbocycles. The molecule has 0 saturated heterocycles. The summed E-state index contributed by atoms with van der Waals surface area (Å²) in [5.41, 5.74) is 1.26. The summed E-state index contributed by atoms with van der Waals surface area (Å²) in [6.07, 6.45) is 0. The van der Waals surface area contributed by atoms with Gasteiger partial charge in [0.1, 0.15) is 5.40 Å². The monoisotopic (exact) mass is 299 g/mol. The number of thioether (sulfide) groups is 1. The predicted molar refractivity (Wildman–Crippen MR) is 84.0 cm³/mol. The first-order valence-corrected chi connectivity index (χ1v) is 7.01. The summed E-state index contributed by atoms with van der Waals surface area (Å²) in [5, 5.41) is 18.0. The van der Waals surface area contributed by atoms with Gasteiger partial charge < -0.3 is 10.6 Å². The molecule has 0 unspecified atom stereocenters. The van der Waals surface area contributed by atoms with Crippen LogP contribution in [0.2, 0.25) is 0 Å². The van der Waals surface area contributed by atoms with Crippen LogP contribution < -0.4 is 10.6 Å². The number of hydrogen-bond acceptors (Lipinski definition) is 4. The zero-order valence-corrected chi connectivity index (χ0v) is 12.4. The molecule has 0 atom stereocenters. The molecule has 5 nitrogen and oxygen atoms in total. The van der Waals surface area contributed by atoms with Crippen molar-refractivity contribution in [3.05, 3.63) is 30.3 Å². The van der Waals surface area contributed by atoms with Gasteiger partial charge in [-0.25, -0.2) is 0 Å². The van der Waals surface area contributed by atoms with Gasteiger partial charge in [0.2, 0.25) is 11.8 Å². The minimum absolute atomic E-state index is 0.179. The van der Waals surface area contributed by atoms with Crippen molar-refractivity contribution in [3.8, 4) is 5.40 Å². The number of amides is 2. The van der Waals surface area contributed by atoms with E-state index in [9.17, 15) is 9.59 Å². The number of carbonyl (C=O) groups excluding carboxylic acids is 2. The molecule has 2 aromatic carbocycles. The Labute approximate surface area is 126 Å². The number of fused-ring (bicyclic) bond motifs is 1. The number of anilines is 2. The van der Waals surface area contributed by atoms with Crippen molar-refractivity contribution in [3.63, 3.8) is 0 Å². The van der Waals surface area contributed by atoms with E-state index in [-0.39, 0.29) is 11.8 Å². The minimum atomic E-state index is -0.194. The molecule has 0 aromatic heterocycles. The minimum Gasteiger partial charge on any atom is -0.326 e. The van der Waals surface area contributed by atoms with Crippen LogP contribution >= 0.6 is 11.8 Å². The maximum Gasteiger partial charge on any atom is 0.221 e. The number of nitrogens with zero attached hydrogens (tertiary/aromatic N) is 1. The van der Waals surface area contributed by atoms with Crippen LogP contribution in [0.4, 0.5) is 11.4 Å². The summed E-state index contributed by atoms with van der Waals surface area (Å²) < 4.78 is 0. The number of hydrogen-bond donors (Lipinski definition) is 2. The zero-order valence-electron chi connectivity index (χ0n) is 11.6. The molecule has 6 heteroatoms. The van der Waals surface area contributed by atoms with Gasteiger partial charge in [-0.3, -0.25) is 9.59 Å². The first-order chi connectivity index (χ1) is 10.0. The highest BCUT2D eigenvalue weighted by atomic mass is 32.2. The van der Waals surface area contributed by atoms with Crippen molar-refractivity contribution in [1.82, 2.24) is 0 Å². The van der Waals surface area contributed by atoms with Crippen LogP contribution in [0, 0.1) is 10.7 Å². The smallest absolute Gasteiger partial charge is 0.221 e. The number of nitriles is 1. The second-order valence-electron chi connectivity index (χ2n) is 4.40. The third-order valence-electron chi connectivity index (χ3n) is 2.78. The van der Waals surface area contributed by atoms with Crippen molar-refractivity contribution in [2.45, 2.75) is 18.7 Å². The van der Waals surface area contributed by atoms with E-state index in [4.69, 9.17) is 5.26 Å². The van der Waals surface area contributed by atoms with E-state index in [0.717, 1.165) is 27.4 Å². The highest BCUT2D eigenvalue weighted by molar-refractivity contribution is 8.04. The average Bonchev–Trinajstić information content (AvgIpc) is 2.40. The predicted octanol–water partition coefficient (Wildman–Crippen LogP) is 3.33. The standard InChI is InChI=1S/C15H13N3O2S/c1-9(19)17-12-6-7-14(21-8-16)15-11(12)4-3-5-13(15)18-10(2)20/h3-7H,1-2H3,(H,17,19)(H,18,20). The Bertz CT molecular complexity index is 765. The zero-order chi connectivity index (χ0) is 15.4. The lowest BCUT2D eigenvalue weighted by atomic mass is 10.1. The summed E-state index contributed by atoms with van der Waals surface area (Å²) in [5.74, 6) is -0.373. The maximum absolute atomic E-state index is 11.3. The summed E-state index contributed by atoms with van der Waals surface area (Å²) in [6, 6.07) is 8.91. The van der Waals surface area contributed by atoms with Gasteiger partial charge in [0, 0.05) is 40.9 Å². The Morgan fingerprint density at radius 1 is 1.05 bits per heavy atom. The van der Waals surface area contributed by atoms with E-state index >= 15 is 0 Å². The molecule has 0 radical (unpaired) electrons. The second kappa shape index (κ2) is 6.29. The van der Waals surface area contributed by atoms with Gasteiger partial charge >= 0.3 is 0 Å². The summed E-state index contributed by atoms with van der Waals surface area (Å²) in [4.78, 5) is 23.4. The summed E-state index contributed by atoms with van der Waals surface area (Å²) in [7, 11) is 0. The van der Waals surface area contributed by atoms with Gasteiger partial charge in [0.15, 0.2) is 0 Å². The Kier molecular flexibility index (Phi) is 4.45. The van der Waals surface area contributed by atoms with Crippen LogP contribution in [-0.4, -0.2) is 11.8 Å². The highest BCUT2D eigenvalue weighted by Crippen LogP contribution is 2.37. The molecule has 0 spiro atoms. The fourth-order valence-electron chi connectivity index (χ4n) is 2.10. The van der Waals surface area contributed by atoms with Crippen molar-refractivity contribution >= 4 is 45.7 Å². The molecule has 2 rings (SSSR count). The molecule has 0 fully saturated rings. The van der Waals surface area contributed by atoms with Crippen LogP contribution in [0.1, 0.15) is 13.8 Å². The first-order valence-electron chi connectivity index (χ1n) is 6.19. The maximum atomic E-state index is 11.3. The van der Waals surface area contributed by atoms with E-state index in [2.05, 4.69) is 10.6 Å². The average molecular weight is 299 g/mol.